The zero-order valence-electron chi connectivity index (χ0n) is 17.4. The van der Waals surface area contributed by atoms with E-state index in [1.165, 1.54) is 44.9 Å². The van der Waals surface area contributed by atoms with Crippen LogP contribution < -0.4 is 5.32 Å². The summed E-state index contributed by atoms with van der Waals surface area (Å²) < 4.78 is 5.30. The van der Waals surface area contributed by atoms with Gasteiger partial charge in [-0.1, -0.05) is 86.5 Å². The van der Waals surface area contributed by atoms with Crippen molar-refractivity contribution >= 4 is 6.09 Å². The summed E-state index contributed by atoms with van der Waals surface area (Å²) in [4.78, 5) is 11.5. The zero-order valence-corrected chi connectivity index (χ0v) is 17.4. The summed E-state index contributed by atoms with van der Waals surface area (Å²) in [6.45, 7) is 17.1. The molecule has 3 nitrogen and oxygen atoms in total. The summed E-state index contributed by atoms with van der Waals surface area (Å²) in [5, 5.41) is 2.81. The molecule has 0 radical (unpaired) electrons. The van der Waals surface area contributed by atoms with Gasteiger partial charge >= 0.3 is 6.09 Å². The van der Waals surface area contributed by atoms with Crippen LogP contribution in [0.25, 0.3) is 0 Å². The fourth-order valence-electron chi connectivity index (χ4n) is 1.63. The number of amides is 1. The van der Waals surface area contributed by atoms with E-state index in [-0.39, 0.29) is 13.1 Å². The second-order valence-electron chi connectivity index (χ2n) is 6.26. The van der Waals surface area contributed by atoms with Crippen LogP contribution in [0, 0.1) is 0 Å². The van der Waals surface area contributed by atoms with E-state index in [0.29, 0.717) is 0 Å². The first-order valence-electron chi connectivity index (χ1n) is 9.90. The Kier molecular flexibility index (Phi) is 25.1. The fourth-order valence-corrected chi connectivity index (χ4v) is 1.63. The molecule has 0 aromatic carbocycles. The predicted molar refractivity (Wildman–Crippen MR) is 106 cm³/mol. The number of hydrogen-bond acceptors (Lipinski definition) is 2. The molecule has 0 aliphatic rings. The molecule has 0 spiro atoms. The molecule has 0 aromatic rings. The maximum absolute atomic E-state index is 11.5. The number of hydrogen-bond donors (Lipinski definition) is 1. The summed E-state index contributed by atoms with van der Waals surface area (Å²) in [5.41, 5.74) is -0.357. The van der Waals surface area contributed by atoms with Gasteiger partial charge in [-0.3, -0.25) is 0 Å². The Hall–Kier alpha value is -0.730. The van der Waals surface area contributed by atoms with Crippen LogP contribution in [0.15, 0.2) is 0 Å². The molecule has 144 valence electrons. The SMILES string of the molecule is CC.CCC.CCCCCCCCCNC(=O)OC(C)(C)CC.[HH]. The molecule has 0 rings (SSSR count). The van der Waals surface area contributed by atoms with Crippen molar-refractivity contribution in [2.45, 2.75) is 119 Å². The molecule has 0 fully saturated rings. The largest absolute Gasteiger partial charge is 0.444 e. The molecule has 0 saturated heterocycles. The normalized spacial score (nSPS) is 9.91. The van der Waals surface area contributed by atoms with E-state index >= 15 is 0 Å². The lowest BCUT2D eigenvalue weighted by Gasteiger charge is -2.23. The van der Waals surface area contributed by atoms with Gasteiger partial charge in [-0.25, -0.2) is 4.79 Å². The maximum atomic E-state index is 11.5. The molecule has 0 heterocycles. The van der Waals surface area contributed by atoms with Gasteiger partial charge < -0.3 is 10.1 Å². The average Bonchev–Trinajstić information content (AvgIpc) is 2.52. The molecule has 1 N–H and O–H groups in total. The van der Waals surface area contributed by atoms with Gasteiger partial charge in [-0.2, -0.15) is 0 Å². The van der Waals surface area contributed by atoms with Crippen molar-refractivity contribution in [2.75, 3.05) is 6.54 Å². The highest BCUT2D eigenvalue weighted by Crippen LogP contribution is 2.13. The molecule has 0 atom stereocenters. The lowest BCUT2D eigenvalue weighted by atomic mass is 10.1. The van der Waals surface area contributed by atoms with E-state index in [4.69, 9.17) is 4.74 Å². The van der Waals surface area contributed by atoms with Crippen LogP contribution >= 0.6 is 0 Å². The smallest absolute Gasteiger partial charge is 0.407 e. The summed E-state index contributed by atoms with van der Waals surface area (Å²) >= 11 is 0. The van der Waals surface area contributed by atoms with Crippen molar-refractivity contribution in [3.05, 3.63) is 0 Å². The summed E-state index contributed by atoms with van der Waals surface area (Å²) in [5.74, 6) is 0. The second kappa shape index (κ2) is 21.3. The Bertz CT molecular complexity index is 234. The van der Waals surface area contributed by atoms with Crippen molar-refractivity contribution in [2.24, 2.45) is 0 Å². The van der Waals surface area contributed by atoms with E-state index in [1.54, 1.807) is 0 Å². The number of alkyl carbamates (subject to hydrolysis) is 1. The van der Waals surface area contributed by atoms with E-state index in [0.717, 1.165) is 19.4 Å². The number of nitrogens with one attached hydrogen (secondary N) is 1. The molecular formula is C20H47NO2. The number of carbonyl (C=O) groups excluding carboxylic acids is 1. The molecule has 0 aliphatic heterocycles. The summed E-state index contributed by atoms with van der Waals surface area (Å²) in [7, 11) is 0. The van der Waals surface area contributed by atoms with Gasteiger partial charge in [0.25, 0.3) is 0 Å². The fraction of sp³-hybridized carbons (Fsp3) is 0.950. The van der Waals surface area contributed by atoms with Crippen LogP contribution in [0.3, 0.4) is 0 Å². The van der Waals surface area contributed by atoms with Crippen molar-refractivity contribution < 1.29 is 11.0 Å². The molecule has 3 heteroatoms. The molecule has 0 bridgehead atoms. The first-order valence-corrected chi connectivity index (χ1v) is 9.90. The van der Waals surface area contributed by atoms with Gasteiger partial charge in [0.05, 0.1) is 0 Å². The highest BCUT2D eigenvalue weighted by Gasteiger charge is 2.19. The summed E-state index contributed by atoms with van der Waals surface area (Å²) in [6, 6.07) is 0. The Morgan fingerprint density at radius 1 is 0.913 bits per heavy atom. The quantitative estimate of drug-likeness (QED) is 0.425. The maximum Gasteiger partial charge on any atom is 0.407 e. The minimum atomic E-state index is -0.357. The molecular weight excluding hydrogens is 286 g/mol. The van der Waals surface area contributed by atoms with Gasteiger partial charge in [0.15, 0.2) is 0 Å². The molecule has 0 saturated carbocycles. The van der Waals surface area contributed by atoms with Crippen molar-refractivity contribution in [1.82, 2.24) is 5.32 Å². The highest BCUT2D eigenvalue weighted by molar-refractivity contribution is 5.67. The summed E-state index contributed by atoms with van der Waals surface area (Å²) in [6.07, 6.45) is 10.6. The number of carbonyl (C=O) groups is 1. The van der Waals surface area contributed by atoms with Crippen molar-refractivity contribution in [3.8, 4) is 0 Å². The van der Waals surface area contributed by atoms with Crippen LogP contribution in [0.4, 0.5) is 4.79 Å². The van der Waals surface area contributed by atoms with Crippen molar-refractivity contribution in [3.63, 3.8) is 0 Å². The van der Waals surface area contributed by atoms with Crippen LogP contribution in [0.2, 0.25) is 0 Å². The van der Waals surface area contributed by atoms with Crippen LogP contribution in [-0.2, 0) is 4.74 Å². The third kappa shape index (κ3) is 26.5. The van der Waals surface area contributed by atoms with Gasteiger partial charge in [-0.05, 0) is 26.7 Å². The number of ether oxygens (including phenoxy) is 1. The van der Waals surface area contributed by atoms with Gasteiger partial charge in [0.2, 0.25) is 0 Å². The Morgan fingerprint density at radius 2 is 1.35 bits per heavy atom. The molecule has 0 unspecified atom stereocenters. The lowest BCUT2D eigenvalue weighted by molar-refractivity contribution is 0.0363. The van der Waals surface area contributed by atoms with E-state index < -0.39 is 0 Å². The zero-order chi connectivity index (χ0) is 18.6. The van der Waals surface area contributed by atoms with Crippen LogP contribution in [0.1, 0.15) is 115 Å². The molecule has 0 aliphatic carbocycles. The van der Waals surface area contributed by atoms with Crippen molar-refractivity contribution in [1.29, 1.82) is 0 Å². The number of rotatable bonds is 10. The minimum Gasteiger partial charge on any atom is -0.444 e. The average molecular weight is 334 g/mol. The molecule has 1 amide bonds. The van der Waals surface area contributed by atoms with Gasteiger partial charge in [0, 0.05) is 7.97 Å². The standard InChI is InChI=1S/C15H31NO2.C3H8.C2H6.H2/c1-5-7-8-9-10-11-12-13-16-14(17)18-15(3,4)6-2;1-3-2;1-2;/h5-13H2,1-4H3,(H,16,17);3H2,1-2H3;1-2H3;1H. The van der Waals surface area contributed by atoms with E-state index in [2.05, 4.69) is 26.1 Å². The first-order chi connectivity index (χ1) is 10.9. The molecule has 23 heavy (non-hydrogen) atoms. The Labute approximate surface area is 148 Å². The Balaban J connectivity index is -0.000000297. The third-order valence-corrected chi connectivity index (χ3v) is 3.27. The van der Waals surface area contributed by atoms with Gasteiger partial charge in [0.1, 0.15) is 5.60 Å². The number of unbranched alkanes of at least 4 members (excludes halogenated alkanes) is 6. The van der Waals surface area contributed by atoms with E-state index in [1.807, 2.05) is 34.6 Å². The molecule has 0 aromatic heterocycles. The van der Waals surface area contributed by atoms with Crippen LogP contribution in [0.5, 0.6) is 0 Å². The third-order valence-electron chi connectivity index (χ3n) is 3.27. The monoisotopic (exact) mass is 333 g/mol. The highest BCUT2D eigenvalue weighted by atomic mass is 16.6. The topological polar surface area (TPSA) is 38.3 Å². The van der Waals surface area contributed by atoms with Crippen LogP contribution in [-0.4, -0.2) is 18.2 Å². The first kappa shape index (κ1) is 27.1. The second-order valence-corrected chi connectivity index (χ2v) is 6.26. The lowest BCUT2D eigenvalue weighted by Crippen LogP contribution is -2.34. The minimum absolute atomic E-state index is 0. The predicted octanol–water partition coefficient (Wildman–Crippen LogP) is 7.34. The van der Waals surface area contributed by atoms with E-state index in [9.17, 15) is 4.79 Å². The van der Waals surface area contributed by atoms with Gasteiger partial charge in [-0.15, -0.1) is 0 Å². The Morgan fingerprint density at radius 3 is 1.78 bits per heavy atom.